The third-order valence-electron chi connectivity index (χ3n) is 4.36. The molecule has 1 heterocycles. The van der Waals surface area contributed by atoms with Gasteiger partial charge in [0.25, 0.3) is 0 Å². The molecule has 150 valence electrons. The number of rotatable bonds is 6. The number of hydrogen-bond acceptors (Lipinski definition) is 5. The Morgan fingerprint density at radius 3 is 2.41 bits per heavy atom. The summed E-state index contributed by atoms with van der Waals surface area (Å²) in [5, 5.41) is 5.43. The fourth-order valence-corrected chi connectivity index (χ4v) is 4.54. The molecule has 0 fully saturated rings. The highest BCUT2D eigenvalue weighted by molar-refractivity contribution is 7.98. The molecule has 29 heavy (non-hydrogen) atoms. The van der Waals surface area contributed by atoms with Gasteiger partial charge in [-0.2, -0.15) is 0 Å². The summed E-state index contributed by atoms with van der Waals surface area (Å²) < 4.78 is 0. The van der Waals surface area contributed by atoms with E-state index < -0.39 is 0 Å². The Morgan fingerprint density at radius 2 is 1.79 bits per heavy atom. The van der Waals surface area contributed by atoms with E-state index in [9.17, 15) is 9.59 Å². The zero-order valence-electron chi connectivity index (χ0n) is 16.9. The van der Waals surface area contributed by atoms with Crippen molar-refractivity contribution in [3.05, 3.63) is 64.7 Å². The summed E-state index contributed by atoms with van der Waals surface area (Å²) in [6.45, 7) is 7.14. The van der Waals surface area contributed by atoms with Crippen LogP contribution in [0.25, 0.3) is 0 Å². The average Bonchev–Trinajstić information content (AvgIpc) is 3.12. The number of thiazole rings is 1. The second-order valence-corrected chi connectivity index (χ2v) is 8.62. The van der Waals surface area contributed by atoms with Gasteiger partial charge in [-0.25, -0.2) is 4.98 Å². The van der Waals surface area contributed by atoms with E-state index in [0.717, 1.165) is 27.5 Å². The highest BCUT2D eigenvalue weighted by Crippen LogP contribution is 2.32. The number of carbonyl (C=O) groups is 2. The minimum atomic E-state index is -0.0841. The Balaban J connectivity index is 1.70. The van der Waals surface area contributed by atoms with Gasteiger partial charge in [-0.15, -0.1) is 23.1 Å². The molecule has 0 aliphatic heterocycles. The number of amides is 2. The molecule has 0 unspecified atom stereocenters. The molecule has 0 bridgehead atoms. The summed E-state index contributed by atoms with van der Waals surface area (Å²) in [6, 6.07) is 13.7. The third-order valence-corrected chi connectivity index (χ3v) is 6.28. The standard InChI is InChI=1S/C22H23N3O2S2/c1-14-5-8-20(11-15(14)2)25(17(4)27)22-24-19(13-29-22)12-28-21-9-6-18(7-10-21)23-16(3)26/h5-11,13H,12H2,1-4H3,(H,23,26). The largest absolute Gasteiger partial charge is 0.326 e. The van der Waals surface area contributed by atoms with Crippen molar-refractivity contribution in [1.82, 2.24) is 4.98 Å². The van der Waals surface area contributed by atoms with Crippen LogP contribution in [0.2, 0.25) is 0 Å². The first kappa shape index (κ1) is 21.1. The molecule has 3 aromatic rings. The number of aryl methyl sites for hydroxylation is 2. The van der Waals surface area contributed by atoms with Gasteiger partial charge in [0.15, 0.2) is 5.13 Å². The van der Waals surface area contributed by atoms with Gasteiger partial charge in [0, 0.05) is 35.6 Å². The van der Waals surface area contributed by atoms with Gasteiger partial charge >= 0.3 is 0 Å². The maximum atomic E-state index is 12.3. The molecule has 2 aromatic carbocycles. The second kappa shape index (κ2) is 9.24. The maximum Gasteiger partial charge on any atom is 0.230 e. The normalized spacial score (nSPS) is 10.6. The van der Waals surface area contributed by atoms with Crippen LogP contribution in [0.4, 0.5) is 16.5 Å². The Morgan fingerprint density at radius 1 is 1.07 bits per heavy atom. The minimum absolute atomic E-state index is 0.0598. The van der Waals surface area contributed by atoms with Crippen molar-refractivity contribution < 1.29 is 9.59 Å². The molecule has 1 aromatic heterocycles. The lowest BCUT2D eigenvalue weighted by molar-refractivity contribution is -0.116. The molecular weight excluding hydrogens is 402 g/mol. The van der Waals surface area contributed by atoms with Gasteiger partial charge in [0.05, 0.1) is 11.4 Å². The highest BCUT2D eigenvalue weighted by atomic mass is 32.2. The lowest BCUT2D eigenvalue weighted by atomic mass is 10.1. The summed E-state index contributed by atoms with van der Waals surface area (Å²) in [6.07, 6.45) is 0. The first-order valence-corrected chi connectivity index (χ1v) is 11.0. The van der Waals surface area contributed by atoms with Crippen molar-refractivity contribution in [2.75, 3.05) is 10.2 Å². The molecule has 0 radical (unpaired) electrons. The maximum absolute atomic E-state index is 12.3. The summed E-state index contributed by atoms with van der Waals surface area (Å²) in [5.41, 5.74) is 4.88. The summed E-state index contributed by atoms with van der Waals surface area (Å²) in [4.78, 5) is 30.8. The van der Waals surface area contributed by atoms with Crippen LogP contribution in [-0.2, 0) is 15.3 Å². The molecule has 2 amide bonds. The van der Waals surface area contributed by atoms with Gasteiger partial charge in [-0.1, -0.05) is 6.07 Å². The number of thioether (sulfide) groups is 1. The Labute approximate surface area is 179 Å². The smallest absolute Gasteiger partial charge is 0.230 e. The van der Waals surface area contributed by atoms with Crippen LogP contribution in [-0.4, -0.2) is 16.8 Å². The molecule has 0 atom stereocenters. The predicted molar refractivity (Wildman–Crippen MR) is 121 cm³/mol. The van der Waals surface area contributed by atoms with E-state index >= 15 is 0 Å². The molecule has 0 spiro atoms. The number of aromatic nitrogens is 1. The summed E-state index contributed by atoms with van der Waals surface area (Å²) >= 11 is 3.13. The molecule has 1 N–H and O–H groups in total. The van der Waals surface area contributed by atoms with Crippen molar-refractivity contribution in [2.45, 2.75) is 38.3 Å². The number of hydrogen-bond donors (Lipinski definition) is 1. The van der Waals surface area contributed by atoms with Crippen molar-refractivity contribution >= 4 is 51.4 Å². The summed E-state index contributed by atoms with van der Waals surface area (Å²) in [7, 11) is 0. The first-order valence-electron chi connectivity index (χ1n) is 9.16. The summed E-state index contributed by atoms with van der Waals surface area (Å²) in [5.74, 6) is 0.559. The molecule has 0 saturated carbocycles. The highest BCUT2D eigenvalue weighted by Gasteiger charge is 2.18. The lowest BCUT2D eigenvalue weighted by Crippen LogP contribution is -2.22. The zero-order chi connectivity index (χ0) is 21.0. The molecular formula is C22H23N3O2S2. The van der Waals surface area contributed by atoms with E-state index in [1.54, 1.807) is 23.6 Å². The van der Waals surface area contributed by atoms with Gasteiger partial charge in [0.1, 0.15) is 0 Å². The third kappa shape index (κ3) is 5.46. The van der Waals surface area contributed by atoms with Gasteiger partial charge in [0.2, 0.25) is 11.8 Å². The topological polar surface area (TPSA) is 62.3 Å². The van der Waals surface area contributed by atoms with Crippen LogP contribution in [0.5, 0.6) is 0 Å². The number of anilines is 3. The minimum Gasteiger partial charge on any atom is -0.326 e. The van der Waals surface area contributed by atoms with Crippen LogP contribution in [0.3, 0.4) is 0 Å². The van der Waals surface area contributed by atoms with Crippen LogP contribution in [0.15, 0.2) is 52.7 Å². The van der Waals surface area contributed by atoms with Gasteiger partial charge < -0.3 is 5.32 Å². The van der Waals surface area contributed by atoms with E-state index in [0.29, 0.717) is 10.9 Å². The molecule has 0 aliphatic carbocycles. The average molecular weight is 426 g/mol. The molecule has 0 aliphatic rings. The Bertz CT molecular complexity index is 1030. The quantitative estimate of drug-likeness (QED) is 0.515. The van der Waals surface area contributed by atoms with Gasteiger partial charge in [-0.3, -0.25) is 14.5 Å². The van der Waals surface area contributed by atoms with E-state index in [-0.39, 0.29) is 11.8 Å². The molecule has 3 rings (SSSR count). The molecule has 7 heteroatoms. The number of nitrogens with one attached hydrogen (secondary N) is 1. The fourth-order valence-electron chi connectivity index (χ4n) is 2.75. The van der Waals surface area contributed by atoms with Crippen LogP contribution in [0, 0.1) is 13.8 Å². The lowest BCUT2D eigenvalue weighted by Gasteiger charge is -2.19. The van der Waals surface area contributed by atoms with Crippen molar-refractivity contribution in [3.63, 3.8) is 0 Å². The molecule has 5 nitrogen and oxygen atoms in total. The van der Waals surface area contributed by atoms with Crippen molar-refractivity contribution in [1.29, 1.82) is 0 Å². The number of carbonyl (C=O) groups excluding carboxylic acids is 2. The first-order chi connectivity index (χ1) is 13.8. The fraction of sp³-hybridized carbons (Fsp3) is 0.227. The second-order valence-electron chi connectivity index (χ2n) is 6.74. The Kier molecular flexibility index (Phi) is 6.71. The number of benzene rings is 2. The SMILES string of the molecule is CC(=O)Nc1ccc(SCc2csc(N(C(C)=O)c3ccc(C)c(C)c3)n2)cc1. The van der Waals surface area contributed by atoms with Crippen LogP contribution < -0.4 is 10.2 Å². The van der Waals surface area contributed by atoms with E-state index in [1.807, 2.05) is 54.8 Å². The van der Waals surface area contributed by atoms with Crippen LogP contribution in [0.1, 0.15) is 30.7 Å². The van der Waals surface area contributed by atoms with E-state index in [1.165, 1.54) is 23.8 Å². The zero-order valence-corrected chi connectivity index (χ0v) is 18.5. The monoisotopic (exact) mass is 425 g/mol. The van der Waals surface area contributed by atoms with E-state index in [4.69, 9.17) is 0 Å². The van der Waals surface area contributed by atoms with Crippen LogP contribution >= 0.6 is 23.1 Å². The van der Waals surface area contributed by atoms with E-state index in [2.05, 4.69) is 17.2 Å². The predicted octanol–water partition coefficient (Wildman–Crippen LogP) is 5.70. The Hall–Kier alpha value is -2.64. The van der Waals surface area contributed by atoms with Gasteiger partial charge in [-0.05, 0) is 61.4 Å². The number of nitrogens with zero attached hydrogens (tertiary/aromatic N) is 2. The van der Waals surface area contributed by atoms with Crippen molar-refractivity contribution in [2.24, 2.45) is 0 Å². The molecule has 0 saturated heterocycles. The van der Waals surface area contributed by atoms with Crippen molar-refractivity contribution in [3.8, 4) is 0 Å².